The largest absolute Gasteiger partial charge is 0.494 e. The van der Waals surface area contributed by atoms with E-state index in [0.717, 1.165) is 0 Å². The Kier molecular flexibility index (Phi) is 9.48. The van der Waals surface area contributed by atoms with Crippen LogP contribution in [0.25, 0.3) is 0 Å². The molecule has 0 radical (unpaired) electrons. The van der Waals surface area contributed by atoms with E-state index in [2.05, 4.69) is 15.4 Å². The van der Waals surface area contributed by atoms with Crippen LogP contribution in [0.15, 0.2) is 47.4 Å². The lowest BCUT2D eigenvalue weighted by Crippen LogP contribution is -2.34. The van der Waals surface area contributed by atoms with E-state index < -0.39 is 10.0 Å². The van der Waals surface area contributed by atoms with Crippen molar-refractivity contribution in [3.63, 3.8) is 0 Å². The molecule has 0 aliphatic rings. The number of carbonyl (C=O) groups is 2. The molecule has 0 aromatic heterocycles. The highest BCUT2D eigenvalue weighted by Crippen LogP contribution is 2.28. The summed E-state index contributed by atoms with van der Waals surface area (Å²) >= 11 is 0. The van der Waals surface area contributed by atoms with Crippen molar-refractivity contribution in [2.45, 2.75) is 32.1 Å². The number of ether oxygens (including phenoxy) is 2. The van der Waals surface area contributed by atoms with Gasteiger partial charge in [0.25, 0.3) is 5.91 Å². The van der Waals surface area contributed by atoms with Crippen LogP contribution in [-0.4, -0.2) is 46.5 Å². The fourth-order valence-corrected chi connectivity index (χ4v) is 3.89. The zero-order chi connectivity index (χ0) is 23.6. The Morgan fingerprint density at radius 3 is 2.22 bits per heavy atom. The third-order valence-electron chi connectivity index (χ3n) is 4.27. The standard InChI is InChI=1S/C22H29N3O6S/c1-4-21(26)25-17-9-7-16(8-10-17)22(27)23-13-14-24-32(28,29)20-12-11-18(30-5-2)15-19(20)31-6-3/h7-12,15,24H,4-6,13-14H2,1-3H3,(H,23,27)(H,25,26). The minimum absolute atomic E-state index is 0.00107. The molecule has 0 atom stereocenters. The lowest BCUT2D eigenvalue weighted by molar-refractivity contribution is -0.115. The number of benzene rings is 2. The highest BCUT2D eigenvalue weighted by molar-refractivity contribution is 7.89. The summed E-state index contributed by atoms with van der Waals surface area (Å²) in [7, 11) is -3.85. The van der Waals surface area contributed by atoms with Gasteiger partial charge in [0.1, 0.15) is 16.4 Å². The highest BCUT2D eigenvalue weighted by Gasteiger charge is 2.20. The van der Waals surface area contributed by atoms with Gasteiger partial charge in [-0.15, -0.1) is 0 Å². The number of amides is 2. The number of anilines is 1. The number of nitrogens with one attached hydrogen (secondary N) is 3. The SMILES string of the molecule is CCOc1ccc(S(=O)(=O)NCCNC(=O)c2ccc(NC(=O)CC)cc2)c(OCC)c1. The first-order chi connectivity index (χ1) is 15.3. The number of sulfonamides is 1. The van der Waals surface area contributed by atoms with E-state index in [9.17, 15) is 18.0 Å². The first-order valence-corrected chi connectivity index (χ1v) is 11.9. The van der Waals surface area contributed by atoms with Crippen molar-refractivity contribution in [1.82, 2.24) is 10.0 Å². The third kappa shape index (κ3) is 7.24. The van der Waals surface area contributed by atoms with Gasteiger partial charge in [0.05, 0.1) is 13.2 Å². The molecular formula is C22H29N3O6S. The summed E-state index contributed by atoms with van der Waals surface area (Å²) in [6, 6.07) is 11.0. The van der Waals surface area contributed by atoms with Gasteiger partial charge in [-0.1, -0.05) is 6.92 Å². The number of carbonyl (C=O) groups excluding carboxylic acids is 2. The molecule has 32 heavy (non-hydrogen) atoms. The normalized spacial score (nSPS) is 11.0. The smallest absolute Gasteiger partial charge is 0.251 e. The van der Waals surface area contributed by atoms with Gasteiger partial charge in [-0.2, -0.15) is 0 Å². The number of hydrogen-bond donors (Lipinski definition) is 3. The van der Waals surface area contributed by atoms with Gasteiger partial charge < -0.3 is 20.1 Å². The zero-order valence-electron chi connectivity index (χ0n) is 18.4. The maximum Gasteiger partial charge on any atom is 0.251 e. The molecule has 2 amide bonds. The summed E-state index contributed by atoms with van der Waals surface area (Å²) in [5.74, 6) is 0.246. The molecule has 0 fully saturated rings. The van der Waals surface area contributed by atoms with Crippen LogP contribution in [-0.2, 0) is 14.8 Å². The molecule has 0 aliphatic carbocycles. The van der Waals surface area contributed by atoms with Crippen LogP contribution >= 0.6 is 0 Å². The molecular weight excluding hydrogens is 434 g/mol. The Bertz CT molecular complexity index is 1020. The van der Waals surface area contributed by atoms with Crippen LogP contribution in [0.5, 0.6) is 11.5 Å². The van der Waals surface area contributed by atoms with Crippen LogP contribution in [0.2, 0.25) is 0 Å². The maximum atomic E-state index is 12.7. The quantitative estimate of drug-likeness (QED) is 0.416. The van der Waals surface area contributed by atoms with Gasteiger partial charge in [-0.3, -0.25) is 9.59 Å². The number of rotatable bonds is 12. The molecule has 10 heteroatoms. The monoisotopic (exact) mass is 463 g/mol. The highest BCUT2D eigenvalue weighted by atomic mass is 32.2. The van der Waals surface area contributed by atoms with E-state index in [1.54, 1.807) is 44.2 Å². The van der Waals surface area contributed by atoms with Gasteiger partial charge in [0, 0.05) is 36.8 Å². The summed E-state index contributed by atoms with van der Waals surface area (Å²) in [5.41, 5.74) is 0.995. The fraction of sp³-hybridized carbons (Fsp3) is 0.364. The Morgan fingerprint density at radius 2 is 1.59 bits per heavy atom. The van der Waals surface area contributed by atoms with Crippen molar-refractivity contribution in [3.05, 3.63) is 48.0 Å². The van der Waals surface area contributed by atoms with Gasteiger partial charge in [-0.25, -0.2) is 13.1 Å². The summed E-state index contributed by atoms with van der Waals surface area (Å²) in [6.45, 7) is 6.18. The van der Waals surface area contributed by atoms with E-state index in [0.29, 0.717) is 36.6 Å². The molecule has 0 saturated heterocycles. The first kappa shape index (κ1) is 25.2. The van der Waals surface area contributed by atoms with E-state index in [1.807, 2.05) is 6.92 Å². The second-order valence-electron chi connectivity index (χ2n) is 6.61. The second kappa shape index (κ2) is 12.1. The van der Waals surface area contributed by atoms with Crippen molar-refractivity contribution < 1.29 is 27.5 Å². The Labute approximate surface area is 188 Å². The summed E-state index contributed by atoms with van der Waals surface area (Å²) < 4.78 is 38.7. The van der Waals surface area contributed by atoms with Gasteiger partial charge in [0.15, 0.2) is 0 Å². The second-order valence-corrected chi connectivity index (χ2v) is 8.34. The Hall–Kier alpha value is -3.11. The number of hydrogen-bond acceptors (Lipinski definition) is 6. The molecule has 2 rings (SSSR count). The first-order valence-electron chi connectivity index (χ1n) is 10.4. The van der Waals surface area contributed by atoms with Crippen molar-refractivity contribution in [3.8, 4) is 11.5 Å². The molecule has 2 aromatic carbocycles. The third-order valence-corrected chi connectivity index (χ3v) is 5.77. The molecule has 0 heterocycles. The predicted molar refractivity (Wildman–Crippen MR) is 122 cm³/mol. The minimum atomic E-state index is -3.85. The summed E-state index contributed by atoms with van der Waals surface area (Å²) in [6.07, 6.45) is 0.362. The topological polar surface area (TPSA) is 123 Å². The molecule has 3 N–H and O–H groups in total. The molecule has 174 valence electrons. The lowest BCUT2D eigenvalue weighted by atomic mass is 10.2. The van der Waals surface area contributed by atoms with Crippen LogP contribution < -0.4 is 24.8 Å². The van der Waals surface area contributed by atoms with E-state index in [4.69, 9.17) is 9.47 Å². The molecule has 0 spiro atoms. The zero-order valence-corrected chi connectivity index (χ0v) is 19.3. The van der Waals surface area contributed by atoms with Crippen molar-refractivity contribution in [2.75, 3.05) is 31.6 Å². The van der Waals surface area contributed by atoms with E-state index in [1.165, 1.54) is 12.1 Å². The van der Waals surface area contributed by atoms with Gasteiger partial charge in [0.2, 0.25) is 15.9 Å². The summed E-state index contributed by atoms with van der Waals surface area (Å²) in [4.78, 5) is 23.7. The molecule has 2 aromatic rings. The van der Waals surface area contributed by atoms with E-state index >= 15 is 0 Å². The Morgan fingerprint density at radius 1 is 0.906 bits per heavy atom. The van der Waals surface area contributed by atoms with Crippen molar-refractivity contribution in [2.24, 2.45) is 0 Å². The lowest BCUT2D eigenvalue weighted by Gasteiger charge is -2.14. The van der Waals surface area contributed by atoms with Gasteiger partial charge in [-0.05, 0) is 50.2 Å². The van der Waals surface area contributed by atoms with Crippen LogP contribution in [0.1, 0.15) is 37.6 Å². The molecule has 0 unspecified atom stereocenters. The van der Waals surface area contributed by atoms with Crippen molar-refractivity contribution >= 4 is 27.5 Å². The van der Waals surface area contributed by atoms with Crippen molar-refractivity contribution in [1.29, 1.82) is 0 Å². The molecule has 0 aliphatic heterocycles. The average Bonchev–Trinajstić information content (AvgIpc) is 2.77. The fourth-order valence-electron chi connectivity index (χ4n) is 2.73. The van der Waals surface area contributed by atoms with Crippen LogP contribution in [0.4, 0.5) is 5.69 Å². The van der Waals surface area contributed by atoms with Crippen LogP contribution in [0, 0.1) is 0 Å². The van der Waals surface area contributed by atoms with E-state index in [-0.39, 0.29) is 35.5 Å². The Balaban J connectivity index is 1.92. The average molecular weight is 464 g/mol. The molecule has 0 bridgehead atoms. The van der Waals surface area contributed by atoms with Crippen LogP contribution in [0.3, 0.4) is 0 Å². The minimum Gasteiger partial charge on any atom is -0.494 e. The predicted octanol–water partition coefficient (Wildman–Crippen LogP) is 2.54. The molecule has 0 saturated carbocycles. The van der Waals surface area contributed by atoms with Gasteiger partial charge >= 0.3 is 0 Å². The maximum absolute atomic E-state index is 12.7. The molecule has 9 nitrogen and oxygen atoms in total. The summed E-state index contributed by atoms with van der Waals surface area (Å²) in [5, 5.41) is 5.36.